The fourth-order valence-electron chi connectivity index (χ4n) is 2.84. The van der Waals surface area contributed by atoms with Gasteiger partial charge in [-0.25, -0.2) is 4.99 Å². The molecule has 5 nitrogen and oxygen atoms in total. The van der Waals surface area contributed by atoms with E-state index in [0.717, 1.165) is 41.4 Å². The third-order valence-corrected chi connectivity index (χ3v) is 4.77. The lowest BCUT2D eigenvalue weighted by atomic mass is 10.1. The van der Waals surface area contributed by atoms with Crippen LogP contribution in [0.1, 0.15) is 31.7 Å². The number of benzene rings is 1. The Balaban J connectivity index is 0.00000312. The van der Waals surface area contributed by atoms with E-state index in [0.29, 0.717) is 6.54 Å². The average Bonchev–Trinajstić information content (AvgIpc) is 2.60. The Hall–Kier alpha value is -0.540. The van der Waals surface area contributed by atoms with Crippen molar-refractivity contribution < 1.29 is 4.74 Å². The van der Waals surface area contributed by atoms with Crippen LogP contribution in [0.4, 0.5) is 0 Å². The highest BCUT2D eigenvalue weighted by molar-refractivity contribution is 14.0. The third kappa shape index (κ3) is 8.13. The fraction of sp³-hybridized carbons (Fsp3) is 0.611. The van der Waals surface area contributed by atoms with Crippen LogP contribution in [0, 0.1) is 0 Å². The summed E-state index contributed by atoms with van der Waals surface area (Å²) < 4.78 is 6.22. The number of aliphatic imine (C=N–C) groups is 1. The van der Waals surface area contributed by atoms with Crippen molar-refractivity contribution >= 4 is 45.9 Å². The van der Waals surface area contributed by atoms with Crippen molar-refractivity contribution in [2.24, 2.45) is 4.99 Å². The molecule has 0 unspecified atom stereocenters. The van der Waals surface area contributed by atoms with E-state index in [9.17, 15) is 0 Å². The largest absolute Gasteiger partial charge is 0.496 e. The summed E-state index contributed by atoms with van der Waals surface area (Å²) in [5.41, 5.74) is 1.15. The number of piperidine rings is 1. The van der Waals surface area contributed by atoms with Crippen molar-refractivity contribution in [1.29, 1.82) is 0 Å². The molecule has 2 rings (SSSR count). The number of nitrogens with zero attached hydrogens (tertiary/aromatic N) is 2. The summed E-state index contributed by atoms with van der Waals surface area (Å²) in [5, 5.41) is 6.75. The first-order chi connectivity index (χ1) is 11.7. The van der Waals surface area contributed by atoms with Gasteiger partial charge in [0.05, 0.1) is 18.1 Å². The molecule has 2 N–H and O–H groups in total. The number of guanidine groups is 1. The van der Waals surface area contributed by atoms with Gasteiger partial charge >= 0.3 is 0 Å². The Labute approximate surface area is 177 Å². The summed E-state index contributed by atoms with van der Waals surface area (Å²) in [6, 6.07) is 6.07. The monoisotopic (exact) mass is 524 g/mol. The van der Waals surface area contributed by atoms with Crippen LogP contribution in [0.5, 0.6) is 5.75 Å². The van der Waals surface area contributed by atoms with Crippen LogP contribution in [-0.4, -0.2) is 50.7 Å². The Bertz CT molecular complexity index is 536. The smallest absolute Gasteiger partial charge is 0.191 e. The lowest BCUT2D eigenvalue weighted by molar-refractivity contribution is 0.232. The van der Waals surface area contributed by atoms with Gasteiger partial charge < -0.3 is 20.3 Å². The number of methoxy groups -OCH3 is 1. The Morgan fingerprint density at radius 1 is 1.24 bits per heavy atom. The summed E-state index contributed by atoms with van der Waals surface area (Å²) in [7, 11) is 1.67. The molecule has 0 atom stereocenters. The molecule has 1 aliphatic rings. The second kappa shape index (κ2) is 12.8. The minimum Gasteiger partial charge on any atom is -0.496 e. The molecule has 0 saturated carbocycles. The standard InChI is InChI=1S/C18H29BrN4O.HI/c1-3-20-18(21-9-12-23-10-5-4-6-11-23)22-14-15-7-8-17(24-2)16(19)13-15;/h7-8,13H,3-6,9-12,14H2,1-2H3,(H2,20,21,22);1H. The minimum atomic E-state index is 0. The Morgan fingerprint density at radius 3 is 2.64 bits per heavy atom. The number of hydrogen-bond donors (Lipinski definition) is 2. The van der Waals surface area contributed by atoms with Crippen LogP contribution in [0.2, 0.25) is 0 Å². The van der Waals surface area contributed by atoms with E-state index in [-0.39, 0.29) is 24.0 Å². The average molecular weight is 525 g/mol. The molecule has 7 heteroatoms. The van der Waals surface area contributed by atoms with Gasteiger partial charge in [0.2, 0.25) is 0 Å². The Morgan fingerprint density at radius 2 is 2.00 bits per heavy atom. The molecule has 0 aliphatic carbocycles. The maximum absolute atomic E-state index is 5.26. The van der Waals surface area contributed by atoms with Crippen molar-refractivity contribution in [3.05, 3.63) is 28.2 Å². The van der Waals surface area contributed by atoms with Crippen LogP contribution in [0.25, 0.3) is 0 Å². The molecule has 0 spiro atoms. The quantitative estimate of drug-likeness (QED) is 0.325. The van der Waals surface area contributed by atoms with Crippen LogP contribution < -0.4 is 15.4 Å². The molecule has 1 saturated heterocycles. The van der Waals surface area contributed by atoms with E-state index in [1.807, 2.05) is 12.1 Å². The zero-order valence-corrected chi connectivity index (χ0v) is 19.1. The van der Waals surface area contributed by atoms with Crippen LogP contribution >= 0.6 is 39.9 Å². The van der Waals surface area contributed by atoms with Crippen molar-refractivity contribution in [2.75, 3.05) is 39.8 Å². The third-order valence-electron chi connectivity index (χ3n) is 4.15. The van der Waals surface area contributed by atoms with E-state index in [4.69, 9.17) is 4.74 Å². The maximum Gasteiger partial charge on any atom is 0.191 e. The molecule has 1 fully saturated rings. The number of rotatable bonds is 7. The molecule has 1 aliphatic heterocycles. The first-order valence-corrected chi connectivity index (χ1v) is 9.59. The van der Waals surface area contributed by atoms with Gasteiger partial charge in [-0.1, -0.05) is 12.5 Å². The van der Waals surface area contributed by atoms with E-state index in [1.54, 1.807) is 7.11 Å². The van der Waals surface area contributed by atoms with E-state index >= 15 is 0 Å². The number of nitrogens with one attached hydrogen (secondary N) is 2. The first-order valence-electron chi connectivity index (χ1n) is 8.80. The highest BCUT2D eigenvalue weighted by Crippen LogP contribution is 2.25. The minimum absolute atomic E-state index is 0. The maximum atomic E-state index is 5.26. The zero-order valence-electron chi connectivity index (χ0n) is 15.2. The molecule has 25 heavy (non-hydrogen) atoms. The summed E-state index contributed by atoms with van der Waals surface area (Å²) in [6.07, 6.45) is 4.05. The van der Waals surface area contributed by atoms with Crippen molar-refractivity contribution in [3.8, 4) is 5.75 Å². The molecular weight excluding hydrogens is 495 g/mol. The van der Waals surface area contributed by atoms with Gasteiger partial charge in [-0.15, -0.1) is 24.0 Å². The second-order valence-electron chi connectivity index (χ2n) is 5.99. The van der Waals surface area contributed by atoms with Gasteiger partial charge in [-0.3, -0.25) is 0 Å². The van der Waals surface area contributed by atoms with E-state index < -0.39 is 0 Å². The normalized spacial score (nSPS) is 15.4. The summed E-state index contributed by atoms with van der Waals surface area (Å²) in [5.74, 6) is 1.72. The molecule has 0 radical (unpaired) electrons. The number of ether oxygens (including phenoxy) is 1. The van der Waals surface area contributed by atoms with Gasteiger partial charge in [-0.2, -0.15) is 0 Å². The summed E-state index contributed by atoms with van der Waals surface area (Å²) >= 11 is 3.52. The van der Waals surface area contributed by atoms with Crippen LogP contribution in [-0.2, 0) is 6.54 Å². The first kappa shape index (κ1) is 22.5. The molecule has 1 aromatic rings. The van der Waals surface area contributed by atoms with Crippen molar-refractivity contribution in [1.82, 2.24) is 15.5 Å². The van der Waals surface area contributed by atoms with Crippen molar-refractivity contribution in [2.45, 2.75) is 32.7 Å². The van der Waals surface area contributed by atoms with Gasteiger partial charge in [0.15, 0.2) is 5.96 Å². The van der Waals surface area contributed by atoms with Gasteiger partial charge in [0.25, 0.3) is 0 Å². The fourth-order valence-corrected chi connectivity index (χ4v) is 3.42. The molecule has 0 amide bonds. The van der Waals surface area contributed by atoms with Crippen LogP contribution in [0.3, 0.4) is 0 Å². The predicted molar refractivity (Wildman–Crippen MR) is 119 cm³/mol. The van der Waals surface area contributed by atoms with E-state index in [1.165, 1.54) is 32.4 Å². The van der Waals surface area contributed by atoms with Crippen LogP contribution in [0.15, 0.2) is 27.7 Å². The molecule has 1 heterocycles. The molecule has 0 bridgehead atoms. The lowest BCUT2D eigenvalue weighted by Crippen LogP contribution is -2.42. The topological polar surface area (TPSA) is 48.9 Å². The molecule has 1 aromatic carbocycles. The number of hydrogen-bond acceptors (Lipinski definition) is 3. The van der Waals surface area contributed by atoms with Gasteiger partial charge in [0.1, 0.15) is 5.75 Å². The predicted octanol–water partition coefficient (Wildman–Crippen LogP) is 3.62. The summed E-state index contributed by atoms with van der Waals surface area (Å²) in [6.45, 7) is 8.07. The number of likely N-dealkylation sites (tertiary alicyclic amines) is 1. The SMILES string of the molecule is CCNC(=NCc1ccc(OC)c(Br)c1)NCCN1CCCCC1.I. The van der Waals surface area contributed by atoms with Crippen molar-refractivity contribution in [3.63, 3.8) is 0 Å². The molecule has 142 valence electrons. The lowest BCUT2D eigenvalue weighted by Gasteiger charge is -2.26. The summed E-state index contributed by atoms with van der Waals surface area (Å²) in [4.78, 5) is 7.21. The highest BCUT2D eigenvalue weighted by atomic mass is 127. The Kier molecular flexibility index (Phi) is 11.5. The number of halogens is 2. The van der Waals surface area contributed by atoms with Gasteiger partial charge in [-0.05, 0) is 66.5 Å². The molecular formula is C18H30BrIN4O. The highest BCUT2D eigenvalue weighted by Gasteiger charge is 2.09. The second-order valence-corrected chi connectivity index (χ2v) is 6.85. The zero-order chi connectivity index (χ0) is 17.2. The van der Waals surface area contributed by atoms with Gasteiger partial charge in [0, 0.05) is 19.6 Å². The molecule has 0 aromatic heterocycles. The van der Waals surface area contributed by atoms with E-state index in [2.05, 4.69) is 49.4 Å².